The fourth-order valence-corrected chi connectivity index (χ4v) is 2.63. The summed E-state index contributed by atoms with van der Waals surface area (Å²) in [5.41, 5.74) is 1.49. The first-order valence-corrected chi connectivity index (χ1v) is 8.74. The second-order valence-corrected chi connectivity index (χ2v) is 6.36. The molecular weight excluding hydrogens is 433 g/mol. The Morgan fingerprint density at radius 3 is 2.08 bits per heavy atom. The van der Waals surface area contributed by atoms with E-state index in [1.807, 2.05) is 42.5 Å². The fraction of sp³-hybridized carbons (Fsp3) is 0.167. The van der Waals surface area contributed by atoms with Gasteiger partial charge in [-0.2, -0.15) is 0 Å². The maximum atomic E-state index is 12.0. The van der Waals surface area contributed by atoms with Crippen molar-refractivity contribution in [3.05, 3.63) is 69.3 Å². The Kier molecular flexibility index (Phi) is 7.39. The summed E-state index contributed by atoms with van der Waals surface area (Å²) in [6.45, 7) is 0.0822. The van der Waals surface area contributed by atoms with Crippen molar-refractivity contribution in [2.75, 3.05) is 13.1 Å². The van der Waals surface area contributed by atoms with E-state index in [0.717, 1.165) is 9.13 Å². The molecule has 0 aliphatic heterocycles. The van der Waals surface area contributed by atoms with Crippen LogP contribution in [0.1, 0.15) is 15.9 Å². The number of halogens is 1. The van der Waals surface area contributed by atoms with Gasteiger partial charge < -0.3 is 16.0 Å². The largest absolute Gasteiger partial charge is 0.350 e. The van der Waals surface area contributed by atoms with Crippen LogP contribution in [0.4, 0.5) is 0 Å². The van der Waals surface area contributed by atoms with Crippen LogP contribution in [0.2, 0.25) is 0 Å². The highest BCUT2D eigenvalue weighted by atomic mass is 127. The second kappa shape index (κ2) is 9.77. The van der Waals surface area contributed by atoms with Gasteiger partial charge in [0.1, 0.15) is 0 Å². The molecule has 0 saturated carbocycles. The van der Waals surface area contributed by atoms with Gasteiger partial charge in [-0.3, -0.25) is 14.4 Å². The predicted octanol–water partition coefficient (Wildman–Crippen LogP) is 1.45. The van der Waals surface area contributed by atoms with Crippen LogP contribution in [0, 0.1) is 3.57 Å². The molecule has 7 heteroatoms. The third-order valence-corrected chi connectivity index (χ3v) is 4.25. The molecule has 3 amide bonds. The first-order valence-electron chi connectivity index (χ1n) is 7.66. The molecule has 2 aromatic rings. The van der Waals surface area contributed by atoms with E-state index in [1.165, 1.54) is 0 Å². The Morgan fingerprint density at radius 1 is 0.760 bits per heavy atom. The monoisotopic (exact) mass is 451 g/mol. The van der Waals surface area contributed by atoms with Gasteiger partial charge in [0.2, 0.25) is 11.8 Å². The Bertz CT molecular complexity index is 750. The molecule has 0 atom stereocenters. The highest BCUT2D eigenvalue weighted by Crippen LogP contribution is 2.10. The van der Waals surface area contributed by atoms with Crippen molar-refractivity contribution in [2.45, 2.75) is 6.54 Å². The van der Waals surface area contributed by atoms with Crippen LogP contribution in [-0.4, -0.2) is 30.8 Å². The molecule has 130 valence electrons. The molecule has 0 aliphatic carbocycles. The Balaban J connectivity index is 1.67. The molecule has 3 N–H and O–H groups in total. The summed E-state index contributed by atoms with van der Waals surface area (Å²) in [6, 6.07) is 16.6. The first-order chi connectivity index (χ1) is 12.1. The summed E-state index contributed by atoms with van der Waals surface area (Å²) < 4.78 is 0.804. The van der Waals surface area contributed by atoms with E-state index in [0.29, 0.717) is 12.1 Å². The van der Waals surface area contributed by atoms with Gasteiger partial charge in [-0.15, -0.1) is 0 Å². The lowest BCUT2D eigenvalue weighted by atomic mass is 10.2. The maximum Gasteiger partial charge on any atom is 0.252 e. The van der Waals surface area contributed by atoms with E-state index in [2.05, 4.69) is 38.5 Å². The van der Waals surface area contributed by atoms with Crippen molar-refractivity contribution in [2.24, 2.45) is 0 Å². The average Bonchev–Trinajstić information content (AvgIpc) is 2.64. The Hall–Kier alpha value is -2.42. The lowest BCUT2D eigenvalue weighted by molar-refractivity contribution is -0.125. The molecule has 0 radical (unpaired) electrons. The molecular formula is C18H18IN3O3. The van der Waals surface area contributed by atoms with Crippen LogP contribution in [0.3, 0.4) is 0 Å². The topological polar surface area (TPSA) is 87.3 Å². The smallest absolute Gasteiger partial charge is 0.252 e. The van der Waals surface area contributed by atoms with Crippen LogP contribution in [0.15, 0.2) is 54.6 Å². The van der Waals surface area contributed by atoms with Gasteiger partial charge in [0.05, 0.1) is 18.7 Å². The van der Waals surface area contributed by atoms with Crippen LogP contribution in [0.5, 0.6) is 0 Å². The molecule has 0 unspecified atom stereocenters. The summed E-state index contributed by atoms with van der Waals surface area (Å²) >= 11 is 2.06. The molecule has 0 aromatic heterocycles. The zero-order valence-electron chi connectivity index (χ0n) is 13.4. The van der Waals surface area contributed by atoms with Crippen molar-refractivity contribution in [3.63, 3.8) is 0 Å². The van der Waals surface area contributed by atoms with Crippen molar-refractivity contribution < 1.29 is 14.4 Å². The van der Waals surface area contributed by atoms with Crippen LogP contribution >= 0.6 is 22.6 Å². The molecule has 0 aliphatic rings. The zero-order valence-corrected chi connectivity index (χ0v) is 15.6. The number of benzene rings is 2. The lowest BCUT2D eigenvalue weighted by Crippen LogP contribution is -2.41. The predicted molar refractivity (Wildman–Crippen MR) is 103 cm³/mol. The van der Waals surface area contributed by atoms with Crippen molar-refractivity contribution in [1.29, 1.82) is 0 Å². The van der Waals surface area contributed by atoms with Gasteiger partial charge in [-0.25, -0.2) is 0 Å². The molecule has 2 aromatic carbocycles. The molecule has 0 heterocycles. The fourth-order valence-electron chi connectivity index (χ4n) is 2.00. The molecule has 2 rings (SSSR count). The Labute approximate surface area is 159 Å². The highest BCUT2D eigenvalue weighted by Gasteiger charge is 2.11. The van der Waals surface area contributed by atoms with Gasteiger partial charge in [-0.1, -0.05) is 42.5 Å². The summed E-state index contributed by atoms with van der Waals surface area (Å²) in [5, 5.41) is 7.72. The van der Waals surface area contributed by atoms with Gasteiger partial charge in [-0.05, 0) is 40.3 Å². The normalized spacial score (nSPS) is 9.96. The minimum Gasteiger partial charge on any atom is -0.350 e. The molecule has 25 heavy (non-hydrogen) atoms. The van der Waals surface area contributed by atoms with E-state index < -0.39 is 5.91 Å². The van der Waals surface area contributed by atoms with E-state index in [4.69, 9.17) is 0 Å². The summed E-state index contributed by atoms with van der Waals surface area (Å²) in [6.07, 6.45) is 0. The number of carbonyl (C=O) groups is 3. The first kappa shape index (κ1) is 18.9. The van der Waals surface area contributed by atoms with Crippen LogP contribution < -0.4 is 16.0 Å². The molecule has 0 bridgehead atoms. The van der Waals surface area contributed by atoms with E-state index >= 15 is 0 Å². The lowest BCUT2D eigenvalue weighted by Gasteiger charge is -2.09. The van der Waals surface area contributed by atoms with E-state index in [1.54, 1.807) is 12.1 Å². The number of nitrogens with one attached hydrogen (secondary N) is 3. The number of carbonyl (C=O) groups excluding carboxylic acids is 3. The number of hydrogen-bond acceptors (Lipinski definition) is 3. The van der Waals surface area contributed by atoms with Crippen LogP contribution in [0.25, 0.3) is 0 Å². The van der Waals surface area contributed by atoms with Crippen LogP contribution in [-0.2, 0) is 16.1 Å². The molecule has 6 nitrogen and oxygen atoms in total. The van der Waals surface area contributed by atoms with Gasteiger partial charge >= 0.3 is 0 Å². The SMILES string of the molecule is O=C(CNC(=O)CNC(=O)c1ccccc1I)NCc1ccccc1. The van der Waals surface area contributed by atoms with E-state index in [9.17, 15) is 14.4 Å². The van der Waals surface area contributed by atoms with Crippen molar-refractivity contribution >= 4 is 40.3 Å². The molecule has 0 spiro atoms. The number of hydrogen-bond donors (Lipinski definition) is 3. The molecule has 0 fully saturated rings. The van der Waals surface area contributed by atoms with Crippen molar-refractivity contribution in [1.82, 2.24) is 16.0 Å². The van der Waals surface area contributed by atoms with Crippen molar-refractivity contribution in [3.8, 4) is 0 Å². The van der Waals surface area contributed by atoms with E-state index in [-0.39, 0.29) is 24.9 Å². The van der Waals surface area contributed by atoms with Gasteiger partial charge in [0.15, 0.2) is 0 Å². The second-order valence-electron chi connectivity index (χ2n) is 5.20. The minimum absolute atomic E-state index is 0.135. The molecule has 0 saturated heterocycles. The number of rotatable bonds is 7. The third kappa shape index (κ3) is 6.54. The zero-order chi connectivity index (χ0) is 18.1. The highest BCUT2D eigenvalue weighted by molar-refractivity contribution is 14.1. The quantitative estimate of drug-likeness (QED) is 0.558. The standard InChI is InChI=1S/C18H18IN3O3/c19-15-9-5-4-8-14(15)18(25)22-12-17(24)21-11-16(23)20-10-13-6-2-1-3-7-13/h1-9H,10-12H2,(H,20,23)(H,21,24)(H,22,25). The summed E-state index contributed by atoms with van der Waals surface area (Å²) in [5.74, 6) is -1.04. The van der Waals surface area contributed by atoms with Gasteiger partial charge in [0.25, 0.3) is 5.91 Å². The minimum atomic E-state index is -0.422. The Morgan fingerprint density at radius 2 is 1.36 bits per heavy atom. The van der Waals surface area contributed by atoms with Gasteiger partial charge in [0, 0.05) is 10.1 Å². The maximum absolute atomic E-state index is 12.0. The third-order valence-electron chi connectivity index (χ3n) is 3.31. The summed E-state index contributed by atoms with van der Waals surface area (Å²) in [4.78, 5) is 35.4. The average molecular weight is 451 g/mol. The summed E-state index contributed by atoms with van der Waals surface area (Å²) in [7, 11) is 0. The number of amides is 3.